The van der Waals surface area contributed by atoms with E-state index < -0.39 is 0 Å². The number of rotatable bonds is 9. The Hall–Kier alpha value is -2.41. The van der Waals surface area contributed by atoms with Crippen molar-refractivity contribution in [2.75, 3.05) is 32.1 Å². The van der Waals surface area contributed by atoms with Crippen molar-refractivity contribution in [1.29, 1.82) is 0 Å². The largest absolute Gasteiger partial charge is 0.378 e. The fraction of sp³-hybridized carbons (Fsp3) is 0.519. The predicted molar refractivity (Wildman–Crippen MR) is 132 cm³/mol. The molecule has 2 aliphatic carbocycles. The molecule has 0 bridgehead atoms. The molecule has 2 N–H and O–H groups in total. The summed E-state index contributed by atoms with van der Waals surface area (Å²) in [7, 11) is 4.13. The van der Waals surface area contributed by atoms with Crippen LogP contribution < -0.4 is 15.7 Å². The summed E-state index contributed by atoms with van der Waals surface area (Å²) in [6.07, 6.45) is 15.0. The molecule has 1 saturated heterocycles. The summed E-state index contributed by atoms with van der Waals surface area (Å²) in [6.45, 7) is 1.67. The molecule has 33 heavy (non-hydrogen) atoms. The van der Waals surface area contributed by atoms with E-state index in [1.165, 1.54) is 22.4 Å². The molecule has 3 aliphatic rings. The second kappa shape index (κ2) is 11.6. The third kappa shape index (κ3) is 6.79. The number of nitrogens with one attached hydrogen (secondary N) is 2. The minimum Gasteiger partial charge on any atom is -0.378 e. The van der Waals surface area contributed by atoms with Crippen LogP contribution >= 0.6 is 0 Å². The van der Waals surface area contributed by atoms with Crippen molar-refractivity contribution in [2.24, 2.45) is 5.92 Å². The molecule has 1 aromatic rings. The van der Waals surface area contributed by atoms with Gasteiger partial charge < -0.3 is 15.0 Å². The van der Waals surface area contributed by atoms with Gasteiger partial charge in [-0.1, -0.05) is 35.9 Å². The molecule has 1 heterocycles. The number of nitrogens with zero attached hydrogens (tertiary/aromatic N) is 1. The summed E-state index contributed by atoms with van der Waals surface area (Å²) in [5.41, 5.74) is 8.06. The van der Waals surface area contributed by atoms with Crippen molar-refractivity contribution >= 4 is 11.6 Å². The fourth-order valence-electron chi connectivity index (χ4n) is 4.77. The standard InChI is InChI=1S/C27H37N3O3/c1-30(2)23-11-6-20(7-12-23)16-17-28-25-14-10-22-19-21(8-13-24(22)25)9-15-26(31)29-33-27-5-3-4-18-32-27/h6-9,11-13,15,21,25,27-28H,3-5,10,14,16-19H2,1-2H3,(H,29,31)/b15-9+. The molecule has 178 valence electrons. The molecular formula is C27H37N3O3. The Bertz CT molecular complexity index is 882. The van der Waals surface area contributed by atoms with Crippen LogP contribution in [-0.4, -0.2) is 45.5 Å². The van der Waals surface area contributed by atoms with Crippen LogP contribution in [-0.2, 0) is 20.8 Å². The molecule has 0 saturated carbocycles. The Kier molecular flexibility index (Phi) is 8.37. The van der Waals surface area contributed by atoms with Gasteiger partial charge in [0.2, 0.25) is 0 Å². The number of carbonyl (C=O) groups excluding carboxylic acids is 1. The van der Waals surface area contributed by atoms with Gasteiger partial charge in [-0.2, -0.15) is 0 Å². The lowest BCUT2D eigenvalue weighted by atomic mass is 9.90. The summed E-state index contributed by atoms with van der Waals surface area (Å²) in [4.78, 5) is 19.5. The molecule has 6 heteroatoms. The summed E-state index contributed by atoms with van der Waals surface area (Å²) in [5.74, 6) is 0.0244. The van der Waals surface area contributed by atoms with Crippen molar-refractivity contribution in [2.45, 2.75) is 57.3 Å². The highest BCUT2D eigenvalue weighted by Crippen LogP contribution is 2.36. The first-order chi connectivity index (χ1) is 16.1. The number of benzene rings is 1. The van der Waals surface area contributed by atoms with E-state index in [1.54, 1.807) is 6.08 Å². The van der Waals surface area contributed by atoms with Crippen molar-refractivity contribution < 1.29 is 14.4 Å². The van der Waals surface area contributed by atoms with Crippen LogP contribution in [0.3, 0.4) is 0 Å². The average molecular weight is 452 g/mol. The average Bonchev–Trinajstić information content (AvgIpc) is 3.24. The van der Waals surface area contributed by atoms with Crippen LogP contribution in [0.1, 0.15) is 44.1 Å². The molecule has 0 aromatic heterocycles. The van der Waals surface area contributed by atoms with Crippen LogP contribution in [0.4, 0.5) is 5.69 Å². The van der Waals surface area contributed by atoms with Gasteiger partial charge in [0.05, 0.1) is 0 Å². The molecule has 4 rings (SSSR count). The Morgan fingerprint density at radius 2 is 2.06 bits per heavy atom. The maximum atomic E-state index is 12.1. The third-order valence-corrected chi connectivity index (χ3v) is 6.70. The normalized spacial score (nSPS) is 24.8. The Morgan fingerprint density at radius 1 is 1.21 bits per heavy atom. The second-order valence-electron chi connectivity index (χ2n) is 9.38. The van der Waals surface area contributed by atoms with E-state index in [2.05, 4.69) is 66.2 Å². The van der Waals surface area contributed by atoms with Gasteiger partial charge in [0, 0.05) is 44.9 Å². The summed E-state index contributed by atoms with van der Waals surface area (Å²) in [6, 6.07) is 9.24. The van der Waals surface area contributed by atoms with E-state index in [9.17, 15) is 4.79 Å². The molecule has 0 spiro atoms. The predicted octanol–water partition coefficient (Wildman–Crippen LogP) is 4.05. The highest BCUT2D eigenvalue weighted by molar-refractivity contribution is 5.86. The zero-order valence-corrected chi connectivity index (χ0v) is 19.9. The maximum absolute atomic E-state index is 12.1. The van der Waals surface area contributed by atoms with E-state index in [0.717, 1.165) is 51.5 Å². The number of allylic oxidation sites excluding steroid dienone is 3. The highest BCUT2D eigenvalue weighted by Gasteiger charge is 2.26. The first-order valence-electron chi connectivity index (χ1n) is 12.2. The molecular weight excluding hydrogens is 414 g/mol. The highest BCUT2D eigenvalue weighted by atomic mass is 16.8. The SMILES string of the molecule is CN(C)c1ccc(CCNC2CCC3=C2C=CC(/C=C/C(=O)NOC2CCCCO2)C3)cc1. The van der Waals surface area contributed by atoms with Crippen molar-refractivity contribution in [3.05, 3.63) is 65.3 Å². The lowest BCUT2D eigenvalue weighted by Gasteiger charge is -2.22. The Labute approximate surface area is 197 Å². The van der Waals surface area contributed by atoms with Gasteiger partial charge in [0.1, 0.15) is 0 Å². The monoisotopic (exact) mass is 451 g/mol. The van der Waals surface area contributed by atoms with Gasteiger partial charge in [0.15, 0.2) is 6.29 Å². The van der Waals surface area contributed by atoms with Crippen molar-refractivity contribution in [3.8, 4) is 0 Å². The first kappa shape index (κ1) is 23.7. The van der Waals surface area contributed by atoms with Crippen LogP contribution in [0.5, 0.6) is 0 Å². The van der Waals surface area contributed by atoms with E-state index in [4.69, 9.17) is 9.57 Å². The summed E-state index contributed by atoms with van der Waals surface area (Å²) < 4.78 is 5.46. The maximum Gasteiger partial charge on any atom is 0.267 e. The first-order valence-corrected chi connectivity index (χ1v) is 12.2. The summed E-state index contributed by atoms with van der Waals surface area (Å²) >= 11 is 0. The molecule has 1 aliphatic heterocycles. The molecule has 0 radical (unpaired) electrons. The minimum absolute atomic E-state index is 0.234. The number of hydrogen-bond acceptors (Lipinski definition) is 5. The molecule has 1 amide bonds. The number of hydroxylamine groups is 1. The molecule has 1 aromatic carbocycles. The van der Waals surface area contributed by atoms with E-state index in [-0.39, 0.29) is 18.1 Å². The van der Waals surface area contributed by atoms with Gasteiger partial charge in [-0.3, -0.25) is 4.79 Å². The number of ether oxygens (including phenoxy) is 1. The topological polar surface area (TPSA) is 62.8 Å². The van der Waals surface area contributed by atoms with Crippen LogP contribution in [0.15, 0.2) is 59.7 Å². The van der Waals surface area contributed by atoms with Gasteiger partial charge in [0.25, 0.3) is 5.91 Å². The lowest BCUT2D eigenvalue weighted by molar-refractivity contribution is -0.198. The van der Waals surface area contributed by atoms with Crippen molar-refractivity contribution in [1.82, 2.24) is 10.8 Å². The molecule has 6 nitrogen and oxygen atoms in total. The zero-order valence-electron chi connectivity index (χ0n) is 19.9. The second-order valence-corrected chi connectivity index (χ2v) is 9.38. The molecule has 1 fully saturated rings. The van der Waals surface area contributed by atoms with Crippen LogP contribution in [0, 0.1) is 5.92 Å². The van der Waals surface area contributed by atoms with Crippen LogP contribution in [0.2, 0.25) is 0 Å². The van der Waals surface area contributed by atoms with Gasteiger partial charge in [-0.25, -0.2) is 10.3 Å². The minimum atomic E-state index is -0.321. The number of anilines is 1. The number of carbonyl (C=O) groups is 1. The van der Waals surface area contributed by atoms with Crippen LogP contribution in [0.25, 0.3) is 0 Å². The smallest absolute Gasteiger partial charge is 0.267 e. The molecule has 3 unspecified atom stereocenters. The zero-order chi connectivity index (χ0) is 23.0. The Balaban J connectivity index is 1.19. The lowest BCUT2D eigenvalue weighted by Crippen LogP contribution is -2.32. The van der Waals surface area contributed by atoms with Crippen molar-refractivity contribution in [3.63, 3.8) is 0 Å². The van der Waals surface area contributed by atoms with E-state index in [1.807, 2.05) is 6.08 Å². The van der Waals surface area contributed by atoms with Gasteiger partial charge in [-0.05, 0) is 74.3 Å². The quantitative estimate of drug-likeness (QED) is 0.438. The third-order valence-electron chi connectivity index (χ3n) is 6.70. The summed E-state index contributed by atoms with van der Waals surface area (Å²) in [5, 5.41) is 3.75. The fourth-order valence-corrected chi connectivity index (χ4v) is 4.77. The van der Waals surface area contributed by atoms with E-state index >= 15 is 0 Å². The Morgan fingerprint density at radius 3 is 2.82 bits per heavy atom. The number of hydrogen-bond donors (Lipinski definition) is 2. The molecule has 3 atom stereocenters. The van der Waals surface area contributed by atoms with E-state index in [0.29, 0.717) is 12.6 Å². The van der Waals surface area contributed by atoms with Gasteiger partial charge >= 0.3 is 0 Å². The van der Waals surface area contributed by atoms with Gasteiger partial charge in [-0.15, -0.1) is 0 Å². The number of amides is 1.